The van der Waals surface area contributed by atoms with E-state index in [9.17, 15) is 0 Å². The Labute approximate surface area is 53.8 Å². The van der Waals surface area contributed by atoms with Gasteiger partial charge in [0.2, 0.25) is 0 Å². The van der Waals surface area contributed by atoms with Gasteiger partial charge in [-0.2, -0.15) is 5.10 Å². The molecule has 0 aliphatic rings. The summed E-state index contributed by atoms with van der Waals surface area (Å²) in [5.41, 5.74) is 0. The first kappa shape index (κ1) is 6.01. The van der Waals surface area contributed by atoms with Gasteiger partial charge in [-0.15, -0.1) is 0 Å². The summed E-state index contributed by atoms with van der Waals surface area (Å²) in [4.78, 5) is 0. The third kappa shape index (κ3) is 1.16. The van der Waals surface area contributed by atoms with Crippen LogP contribution in [-0.2, 0) is 0 Å². The first-order chi connectivity index (χ1) is 4.34. The molecule has 0 unspecified atom stereocenters. The van der Waals surface area contributed by atoms with E-state index < -0.39 is 0 Å². The third-order valence-corrected chi connectivity index (χ3v) is 1.12. The van der Waals surface area contributed by atoms with Crippen molar-refractivity contribution >= 4 is 5.84 Å². The summed E-state index contributed by atoms with van der Waals surface area (Å²) in [6.45, 7) is 1.93. The molecule has 48 valence electrons. The summed E-state index contributed by atoms with van der Waals surface area (Å²) < 4.78 is 1.56. The Morgan fingerprint density at radius 3 is 3.00 bits per heavy atom. The zero-order valence-corrected chi connectivity index (χ0v) is 5.33. The molecule has 9 heavy (non-hydrogen) atoms. The van der Waals surface area contributed by atoms with Crippen molar-refractivity contribution in [1.82, 2.24) is 9.78 Å². The van der Waals surface area contributed by atoms with Gasteiger partial charge in [0.05, 0.1) is 0 Å². The zero-order valence-electron chi connectivity index (χ0n) is 5.33. The quantitative estimate of drug-likeness (QED) is 0.441. The molecule has 1 heterocycles. The van der Waals surface area contributed by atoms with Crippen molar-refractivity contribution in [1.29, 1.82) is 5.41 Å². The SMILES string of the molecule is CCC(=N)n1cccn1. The van der Waals surface area contributed by atoms with E-state index in [1.54, 1.807) is 17.1 Å². The van der Waals surface area contributed by atoms with Gasteiger partial charge >= 0.3 is 0 Å². The minimum absolute atomic E-state index is 0.528. The molecular formula is C6H9N3. The molecule has 0 amide bonds. The van der Waals surface area contributed by atoms with Gasteiger partial charge in [-0.1, -0.05) is 6.92 Å². The Morgan fingerprint density at radius 1 is 1.78 bits per heavy atom. The van der Waals surface area contributed by atoms with Crippen LogP contribution in [0.4, 0.5) is 0 Å². The molecular weight excluding hydrogens is 114 g/mol. The van der Waals surface area contributed by atoms with Crippen LogP contribution in [0, 0.1) is 5.41 Å². The van der Waals surface area contributed by atoms with Crippen molar-refractivity contribution < 1.29 is 0 Å². The highest BCUT2D eigenvalue weighted by molar-refractivity contribution is 5.79. The van der Waals surface area contributed by atoms with Gasteiger partial charge in [0.1, 0.15) is 5.84 Å². The second kappa shape index (κ2) is 2.44. The molecule has 0 aliphatic heterocycles. The summed E-state index contributed by atoms with van der Waals surface area (Å²) in [7, 11) is 0. The smallest absolute Gasteiger partial charge is 0.121 e. The first-order valence-electron chi connectivity index (χ1n) is 2.92. The fourth-order valence-electron chi connectivity index (χ4n) is 0.590. The van der Waals surface area contributed by atoms with Gasteiger partial charge in [0, 0.05) is 18.8 Å². The number of aromatic nitrogens is 2. The zero-order chi connectivity index (χ0) is 6.69. The van der Waals surface area contributed by atoms with Gasteiger partial charge < -0.3 is 0 Å². The predicted octanol–water partition coefficient (Wildman–Crippen LogP) is 1.12. The average molecular weight is 123 g/mol. The highest BCUT2D eigenvalue weighted by atomic mass is 15.3. The number of nitrogens with one attached hydrogen (secondary N) is 1. The largest absolute Gasteiger partial charge is 0.287 e. The number of hydrogen-bond donors (Lipinski definition) is 1. The molecule has 0 saturated heterocycles. The minimum atomic E-state index is 0.528. The van der Waals surface area contributed by atoms with Crippen molar-refractivity contribution in [2.45, 2.75) is 13.3 Å². The maximum atomic E-state index is 7.30. The number of hydrogen-bond acceptors (Lipinski definition) is 2. The molecule has 0 aliphatic carbocycles. The first-order valence-corrected chi connectivity index (χ1v) is 2.92. The van der Waals surface area contributed by atoms with Crippen LogP contribution in [-0.4, -0.2) is 15.6 Å². The monoisotopic (exact) mass is 123 g/mol. The van der Waals surface area contributed by atoms with Crippen molar-refractivity contribution in [3.63, 3.8) is 0 Å². The summed E-state index contributed by atoms with van der Waals surface area (Å²) in [6, 6.07) is 1.81. The molecule has 0 atom stereocenters. The number of nitrogens with zero attached hydrogens (tertiary/aromatic N) is 2. The van der Waals surface area contributed by atoms with E-state index in [0.29, 0.717) is 5.84 Å². The van der Waals surface area contributed by atoms with Gasteiger partial charge in [-0.25, -0.2) is 4.68 Å². The Balaban J connectivity index is 2.77. The van der Waals surface area contributed by atoms with E-state index in [-0.39, 0.29) is 0 Å². The van der Waals surface area contributed by atoms with Crippen LogP contribution in [0.5, 0.6) is 0 Å². The second-order valence-corrected chi connectivity index (χ2v) is 1.75. The van der Waals surface area contributed by atoms with Crippen LogP contribution in [0.15, 0.2) is 18.5 Å². The predicted molar refractivity (Wildman–Crippen MR) is 35.6 cm³/mol. The van der Waals surface area contributed by atoms with E-state index in [0.717, 1.165) is 6.42 Å². The lowest BCUT2D eigenvalue weighted by molar-refractivity contribution is 0.893. The van der Waals surface area contributed by atoms with Crippen LogP contribution < -0.4 is 0 Å². The van der Waals surface area contributed by atoms with Crippen LogP contribution in [0.3, 0.4) is 0 Å². The molecule has 3 nitrogen and oxygen atoms in total. The highest BCUT2D eigenvalue weighted by Gasteiger charge is 1.92. The lowest BCUT2D eigenvalue weighted by atomic mass is 10.4. The Morgan fingerprint density at radius 2 is 2.56 bits per heavy atom. The van der Waals surface area contributed by atoms with Crippen molar-refractivity contribution in [2.75, 3.05) is 0 Å². The molecule has 0 spiro atoms. The Kier molecular flexibility index (Phi) is 1.63. The van der Waals surface area contributed by atoms with E-state index in [1.807, 2.05) is 13.0 Å². The molecule has 3 heteroatoms. The van der Waals surface area contributed by atoms with Crippen molar-refractivity contribution in [3.05, 3.63) is 18.5 Å². The lowest BCUT2D eigenvalue weighted by Gasteiger charge is -1.96. The lowest BCUT2D eigenvalue weighted by Crippen LogP contribution is -2.08. The molecule has 1 aromatic rings. The van der Waals surface area contributed by atoms with Crippen LogP contribution in [0.2, 0.25) is 0 Å². The molecule has 1 aromatic heterocycles. The topological polar surface area (TPSA) is 41.7 Å². The van der Waals surface area contributed by atoms with Crippen LogP contribution in [0.25, 0.3) is 0 Å². The van der Waals surface area contributed by atoms with Crippen LogP contribution in [0.1, 0.15) is 13.3 Å². The third-order valence-electron chi connectivity index (χ3n) is 1.12. The molecule has 0 aromatic carbocycles. The van der Waals surface area contributed by atoms with Gasteiger partial charge in [0.25, 0.3) is 0 Å². The second-order valence-electron chi connectivity index (χ2n) is 1.75. The van der Waals surface area contributed by atoms with E-state index in [1.165, 1.54) is 0 Å². The highest BCUT2D eigenvalue weighted by Crippen LogP contribution is 1.86. The van der Waals surface area contributed by atoms with Gasteiger partial charge in [-0.3, -0.25) is 5.41 Å². The fraction of sp³-hybridized carbons (Fsp3) is 0.333. The van der Waals surface area contributed by atoms with Crippen LogP contribution >= 0.6 is 0 Å². The summed E-state index contributed by atoms with van der Waals surface area (Å²) in [5.74, 6) is 0.528. The maximum Gasteiger partial charge on any atom is 0.121 e. The number of rotatable bonds is 1. The van der Waals surface area contributed by atoms with Gasteiger partial charge in [0.15, 0.2) is 0 Å². The molecule has 0 radical (unpaired) electrons. The minimum Gasteiger partial charge on any atom is -0.287 e. The van der Waals surface area contributed by atoms with E-state index in [2.05, 4.69) is 5.10 Å². The maximum absolute atomic E-state index is 7.30. The Bertz CT molecular complexity index is 188. The fourth-order valence-corrected chi connectivity index (χ4v) is 0.590. The molecule has 1 N–H and O–H groups in total. The molecule has 1 rings (SSSR count). The molecule has 0 bridgehead atoms. The standard InChI is InChI=1S/C6H9N3/c1-2-6(7)9-5-3-4-8-9/h3-5,7H,2H2,1H3. The Hall–Kier alpha value is -1.12. The normalized spacial score (nSPS) is 9.44. The summed E-state index contributed by atoms with van der Waals surface area (Å²) in [5, 5.41) is 11.2. The summed E-state index contributed by atoms with van der Waals surface area (Å²) in [6.07, 6.45) is 4.16. The van der Waals surface area contributed by atoms with Gasteiger partial charge in [-0.05, 0) is 6.07 Å². The summed E-state index contributed by atoms with van der Waals surface area (Å²) >= 11 is 0. The van der Waals surface area contributed by atoms with Crippen molar-refractivity contribution in [2.24, 2.45) is 0 Å². The molecule has 0 fully saturated rings. The van der Waals surface area contributed by atoms with E-state index in [4.69, 9.17) is 5.41 Å². The van der Waals surface area contributed by atoms with E-state index >= 15 is 0 Å². The average Bonchev–Trinajstić information content (AvgIpc) is 2.37. The molecule has 0 saturated carbocycles. The van der Waals surface area contributed by atoms with Crippen molar-refractivity contribution in [3.8, 4) is 0 Å².